The molecular weight excluding hydrogens is 256 g/mol. The van der Waals surface area contributed by atoms with E-state index >= 15 is 0 Å². The van der Waals surface area contributed by atoms with Gasteiger partial charge in [-0.15, -0.1) is 0 Å². The van der Waals surface area contributed by atoms with E-state index in [-0.39, 0.29) is 6.04 Å². The van der Waals surface area contributed by atoms with Gasteiger partial charge in [0.25, 0.3) is 0 Å². The van der Waals surface area contributed by atoms with Crippen LogP contribution < -0.4 is 11.1 Å². The summed E-state index contributed by atoms with van der Waals surface area (Å²) < 4.78 is 0. The second-order valence-corrected chi connectivity index (χ2v) is 6.13. The lowest BCUT2D eigenvalue weighted by molar-refractivity contribution is 0.530. The number of hydrogen-bond donors (Lipinski definition) is 2. The molecule has 0 saturated carbocycles. The molecule has 2 nitrogen and oxygen atoms in total. The molecule has 1 aromatic carbocycles. The maximum Gasteiger partial charge on any atom is 0.0206 e. The summed E-state index contributed by atoms with van der Waals surface area (Å²) in [6.07, 6.45) is 12.0. The summed E-state index contributed by atoms with van der Waals surface area (Å²) >= 11 is 0. The fraction of sp³-hybridized carbons (Fsp3) is 0.684. The van der Waals surface area contributed by atoms with Crippen molar-refractivity contribution < 1.29 is 0 Å². The quantitative estimate of drug-likeness (QED) is 0.532. The van der Waals surface area contributed by atoms with Crippen LogP contribution >= 0.6 is 0 Å². The minimum Gasteiger partial charge on any atom is -0.326 e. The van der Waals surface area contributed by atoms with Gasteiger partial charge in [0, 0.05) is 12.6 Å². The van der Waals surface area contributed by atoms with Gasteiger partial charge in [0.1, 0.15) is 0 Å². The molecular formula is C19H34N2. The zero-order valence-corrected chi connectivity index (χ0v) is 13.8. The van der Waals surface area contributed by atoms with E-state index in [1.807, 2.05) is 0 Å². The SMILES string of the molecule is CCCCCCCCCCNC[C@@H](N)Cc1ccccc1. The number of nitrogens with one attached hydrogen (secondary N) is 1. The van der Waals surface area contributed by atoms with Crippen LogP contribution in [0.5, 0.6) is 0 Å². The average molecular weight is 290 g/mol. The van der Waals surface area contributed by atoms with Gasteiger partial charge in [0.05, 0.1) is 0 Å². The Bertz CT molecular complexity index is 324. The molecule has 0 amide bonds. The number of hydrogen-bond acceptors (Lipinski definition) is 2. The average Bonchev–Trinajstić information content (AvgIpc) is 2.50. The van der Waals surface area contributed by atoms with Crippen LogP contribution in [0, 0.1) is 0 Å². The second kappa shape index (κ2) is 12.8. The minimum absolute atomic E-state index is 0.224. The van der Waals surface area contributed by atoms with Crippen molar-refractivity contribution in [3.63, 3.8) is 0 Å². The standard InChI is InChI=1S/C19H34N2/c1-2-3-4-5-6-7-8-12-15-21-17-19(20)16-18-13-10-9-11-14-18/h9-11,13-14,19,21H,2-8,12,15-17,20H2,1H3/t19-/m0/s1. The fourth-order valence-corrected chi connectivity index (χ4v) is 2.66. The number of rotatable bonds is 13. The van der Waals surface area contributed by atoms with Crippen LogP contribution in [-0.4, -0.2) is 19.1 Å². The lowest BCUT2D eigenvalue weighted by Crippen LogP contribution is -2.35. The molecule has 3 N–H and O–H groups in total. The first-order chi connectivity index (χ1) is 10.3. The topological polar surface area (TPSA) is 38.0 Å². The molecule has 0 aliphatic heterocycles. The molecule has 0 heterocycles. The van der Waals surface area contributed by atoms with Crippen molar-refractivity contribution in [1.82, 2.24) is 5.32 Å². The first kappa shape index (κ1) is 18.2. The van der Waals surface area contributed by atoms with Gasteiger partial charge in [0.15, 0.2) is 0 Å². The van der Waals surface area contributed by atoms with Crippen LogP contribution in [0.3, 0.4) is 0 Å². The lowest BCUT2D eigenvalue weighted by Gasteiger charge is -2.12. The zero-order valence-electron chi connectivity index (χ0n) is 13.8. The van der Waals surface area contributed by atoms with Crippen molar-refractivity contribution in [2.24, 2.45) is 5.73 Å². The maximum absolute atomic E-state index is 6.15. The van der Waals surface area contributed by atoms with E-state index in [1.165, 1.54) is 56.9 Å². The summed E-state index contributed by atoms with van der Waals surface area (Å²) in [7, 11) is 0. The Balaban J connectivity index is 1.87. The van der Waals surface area contributed by atoms with Gasteiger partial charge in [0.2, 0.25) is 0 Å². The van der Waals surface area contributed by atoms with Crippen LogP contribution in [-0.2, 0) is 6.42 Å². The van der Waals surface area contributed by atoms with Gasteiger partial charge < -0.3 is 11.1 Å². The van der Waals surface area contributed by atoms with E-state index in [1.54, 1.807) is 0 Å². The van der Waals surface area contributed by atoms with E-state index in [4.69, 9.17) is 5.73 Å². The Labute approximate surface area is 131 Å². The van der Waals surface area contributed by atoms with Gasteiger partial charge in [-0.3, -0.25) is 0 Å². The summed E-state index contributed by atoms with van der Waals surface area (Å²) in [6.45, 7) is 4.30. The predicted octanol–water partition coefficient (Wildman–Crippen LogP) is 4.29. The Kier molecular flexibility index (Phi) is 11.1. The highest BCUT2D eigenvalue weighted by molar-refractivity contribution is 5.15. The highest BCUT2D eigenvalue weighted by Crippen LogP contribution is 2.08. The highest BCUT2D eigenvalue weighted by Gasteiger charge is 2.02. The van der Waals surface area contributed by atoms with Crippen LogP contribution in [0.25, 0.3) is 0 Å². The van der Waals surface area contributed by atoms with Crippen LogP contribution in [0.1, 0.15) is 63.9 Å². The van der Waals surface area contributed by atoms with Crippen molar-refractivity contribution in [2.75, 3.05) is 13.1 Å². The van der Waals surface area contributed by atoms with E-state index in [2.05, 4.69) is 42.6 Å². The van der Waals surface area contributed by atoms with Crippen molar-refractivity contribution in [2.45, 2.75) is 70.8 Å². The fourth-order valence-electron chi connectivity index (χ4n) is 2.66. The molecule has 0 aliphatic rings. The monoisotopic (exact) mass is 290 g/mol. The van der Waals surface area contributed by atoms with Crippen molar-refractivity contribution >= 4 is 0 Å². The third-order valence-electron chi connectivity index (χ3n) is 3.95. The first-order valence-corrected chi connectivity index (χ1v) is 8.83. The summed E-state index contributed by atoms with van der Waals surface area (Å²) in [5, 5.41) is 3.49. The van der Waals surface area contributed by atoms with E-state index < -0.39 is 0 Å². The van der Waals surface area contributed by atoms with Gasteiger partial charge in [-0.1, -0.05) is 82.2 Å². The van der Waals surface area contributed by atoms with Crippen molar-refractivity contribution in [3.8, 4) is 0 Å². The summed E-state index contributed by atoms with van der Waals surface area (Å²) in [6, 6.07) is 10.7. The third-order valence-corrected chi connectivity index (χ3v) is 3.95. The molecule has 120 valence electrons. The highest BCUT2D eigenvalue weighted by atomic mass is 14.9. The van der Waals surface area contributed by atoms with E-state index in [0.29, 0.717) is 0 Å². The predicted molar refractivity (Wildman–Crippen MR) is 93.6 cm³/mol. The molecule has 21 heavy (non-hydrogen) atoms. The molecule has 0 unspecified atom stereocenters. The smallest absolute Gasteiger partial charge is 0.0206 e. The number of unbranched alkanes of at least 4 members (excludes halogenated alkanes) is 7. The first-order valence-electron chi connectivity index (χ1n) is 8.83. The molecule has 0 aliphatic carbocycles. The summed E-state index contributed by atoms with van der Waals surface area (Å²) in [5.74, 6) is 0. The number of benzene rings is 1. The zero-order chi connectivity index (χ0) is 15.2. The Morgan fingerprint density at radius 3 is 2.19 bits per heavy atom. The van der Waals surface area contributed by atoms with Crippen LogP contribution in [0.4, 0.5) is 0 Å². The molecule has 0 aromatic heterocycles. The van der Waals surface area contributed by atoms with Crippen molar-refractivity contribution in [1.29, 1.82) is 0 Å². The molecule has 1 atom stereocenters. The lowest BCUT2D eigenvalue weighted by atomic mass is 10.1. The maximum atomic E-state index is 6.15. The molecule has 0 saturated heterocycles. The van der Waals surface area contributed by atoms with Crippen LogP contribution in [0.2, 0.25) is 0 Å². The van der Waals surface area contributed by atoms with Crippen LogP contribution in [0.15, 0.2) is 30.3 Å². The minimum atomic E-state index is 0.224. The molecule has 2 heteroatoms. The van der Waals surface area contributed by atoms with Gasteiger partial charge in [-0.25, -0.2) is 0 Å². The molecule has 0 bridgehead atoms. The van der Waals surface area contributed by atoms with Gasteiger partial charge in [-0.2, -0.15) is 0 Å². The van der Waals surface area contributed by atoms with E-state index in [9.17, 15) is 0 Å². The van der Waals surface area contributed by atoms with Gasteiger partial charge in [-0.05, 0) is 24.9 Å². The molecule has 1 aromatic rings. The molecule has 1 rings (SSSR count). The summed E-state index contributed by atoms with van der Waals surface area (Å²) in [5.41, 5.74) is 7.48. The Morgan fingerprint density at radius 1 is 0.905 bits per heavy atom. The largest absolute Gasteiger partial charge is 0.326 e. The molecule has 0 radical (unpaired) electrons. The van der Waals surface area contributed by atoms with Crippen molar-refractivity contribution in [3.05, 3.63) is 35.9 Å². The third kappa shape index (κ3) is 10.5. The normalized spacial score (nSPS) is 12.5. The summed E-state index contributed by atoms with van der Waals surface area (Å²) in [4.78, 5) is 0. The molecule has 0 fully saturated rings. The second-order valence-electron chi connectivity index (χ2n) is 6.13. The van der Waals surface area contributed by atoms with E-state index in [0.717, 1.165) is 19.5 Å². The Hall–Kier alpha value is -0.860. The Morgan fingerprint density at radius 2 is 1.52 bits per heavy atom. The number of nitrogens with two attached hydrogens (primary N) is 1. The van der Waals surface area contributed by atoms with Gasteiger partial charge >= 0.3 is 0 Å². The molecule has 0 spiro atoms.